The number of rotatable bonds is 6. The molecule has 0 amide bonds. The van der Waals surface area contributed by atoms with Crippen molar-refractivity contribution in [3.05, 3.63) is 29.9 Å². The van der Waals surface area contributed by atoms with E-state index in [2.05, 4.69) is 9.88 Å². The molecule has 1 aromatic heterocycles. The lowest BCUT2D eigenvalue weighted by molar-refractivity contribution is -0.000510. The molecule has 1 N–H and O–H groups in total. The van der Waals surface area contributed by atoms with Gasteiger partial charge in [0, 0.05) is 32.4 Å². The van der Waals surface area contributed by atoms with Gasteiger partial charge in [0.05, 0.1) is 12.6 Å². The van der Waals surface area contributed by atoms with Crippen molar-refractivity contribution in [1.82, 2.24) is 9.88 Å². The number of fused-ring (bicyclic) bond motifs is 1. The van der Waals surface area contributed by atoms with Crippen molar-refractivity contribution in [2.75, 3.05) is 26.3 Å². The van der Waals surface area contributed by atoms with Gasteiger partial charge in [0.15, 0.2) is 5.58 Å². The van der Waals surface area contributed by atoms with E-state index < -0.39 is 0 Å². The standard InChI is InChI=1S/C16H21FN2O3/c17-12-2-3-14-15(10-12)22-16(18-14)11-19-6-4-13(5-7-19)21-9-1-8-20/h2-3,10,13,20H,1,4-9,11H2. The highest BCUT2D eigenvalue weighted by molar-refractivity contribution is 5.72. The third-order valence-corrected chi connectivity index (χ3v) is 3.94. The topological polar surface area (TPSA) is 58.7 Å². The van der Waals surface area contributed by atoms with E-state index in [4.69, 9.17) is 14.3 Å². The monoisotopic (exact) mass is 308 g/mol. The summed E-state index contributed by atoms with van der Waals surface area (Å²) in [6, 6.07) is 4.40. The second-order valence-corrected chi connectivity index (χ2v) is 5.64. The molecule has 6 heteroatoms. The molecule has 0 bridgehead atoms. The van der Waals surface area contributed by atoms with Gasteiger partial charge in [-0.15, -0.1) is 0 Å². The number of hydrogen-bond donors (Lipinski definition) is 1. The molecule has 0 radical (unpaired) electrons. The zero-order chi connectivity index (χ0) is 15.4. The fraction of sp³-hybridized carbons (Fsp3) is 0.562. The summed E-state index contributed by atoms with van der Waals surface area (Å²) in [6.07, 6.45) is 2.92. The SMILES string of the molecule is OCCCOC1CCN(Cc2nc3ccc(F)cc3o2)CC1. The van der Waals surface area contributed by atoms with Crippen molar-refractivity contribution in [2.45, 2.75) is 31.9 Å². The number of nitrogens with zero attached hydrogens (tertiary/aromatic N) is 2. The first-order valence-electron chi connectivity index (χ1n) is 7.74. The van der Waals surface area contributed by atoms with Crippen LogP contribution >= 0.6 is 0 Å². The Balaban J connectivity index is 1.51. The minimum atomic E-state index is -0.309. The molecule has 1 fully saturated rings. The summed E-state index contributed by atoms with van der Waals surface area (Å²) in [6.45, 7) is 3.29. The Hall–Kier alpha value is -1.50. The number of aliphatic hydroxyl groups excluding tert-OH is 1. The summed E-state index contributed by atoms with van der Waals surface area (Å²) in [7, 11) is 0. The van der Waals surface area contributed by atoms with Gasteiger partial charge in [0.25, 0.3) is 0 Å². The average Bonchev–Trinajstić information content (AvgIpc) is 2.90. The van der Waals surface area contributed by atoms with Crippen LogP contribution in [-0.2, 0) is 11.3 Å². The Kier molecular flexibility index (Phi) is 5.02. The molecule has 2 heterocycles. The number of hydrogen-bond acceptors (Lipinski definition) is 5. The van der Waals surface area contributed by atoms with E-state index >= 15 is 0 Å². The van der Waals surface area contributed by atoms with E-state index in [0.717, 1.165) is 25.9 Å². The molecule has 3 rings (SSSR count). The summed E-state index contributed by atoms with van der Waals surface area (Å²) >= 11 is 0. The van der Waals surface area contributed by atoms with Crippen molar-refractivity contribution >= 4 is 11.1 Å². The number of aliphatic hydroxyl groups is 1. The van der Waals surface area contributed by atoms with Gasteiger partial charge >= 0.3 is 0 Å². The minimum Gasteiger partial charge on any atom is -0.439 e. The predicted molar refractivity (Wildman–Crippen MR) is 79.9 cm³/mol. The van der Waals surface area contributed by atoms with Crippen LogP contribution in [0.3, 0.4) is 0 Å². The molecule has 0 unspecified atom stereocenters. The fourth-order valence-corrected chi connectivity index (χ4v) is 2.75. The van der Waals surface area contributed by atoms with E-state index in [-0.39, 0.29) is 18.5 Å². The molecule has 0 spiro atoms. The highest BCUT2D eigenvalue weighted by atomic mass is 19.1. The van der Waals surface area contributed by atoms with Gasteiger partial charge < -0.3 is 14.3 Å². The Morgan fingerprint density at radius 3 is 2.95 bits per heavy atom. The summed E-state index contributed by atoms with van der Waals surface area (Å²) in [5, 5.41) is 8.75. The van der Waals surface area contributed by atoms with Gasteiger partial charge in [-0.25, -0.2) is 9.37 Å². The normalized spacial score (nSPS) is 17.4. The molecule has 1 saturated heterocycles. The Morgan fingerprint density at radius 1 is 1.36 bits per heavy atom. The Morgan fingerprint density at radius 2 is 2.18 bits per heavy atom. The maximum atomic E-state index is 13.1. The lowest BCUT2D eigenvalue weighted by Crippen LogP contribution is -2.36. The first-order valence-corrected chi connectivity index (χ1v) is 7.74. The van der Waals surface area contributed by atoms with Crippen LogP contribution in [-0.4, -0.2) is 47.4 Å². The van der Waals surface area contributed by atoms with Crippen molar-refractivity contribution in [2.24, 2.45) is 0 Å². The molecule has 0 saturated carbocycles. The van der Waals surface area contributed by atoms with Gasteiger partial charge in [0.1, 0.15) is 11.3 Å². The number of benzene rings is 1. The van der Waals surface area contributed by atoms with E-state index in [9.17, 15) is 4.39 Å². The highest BCUT2D eigenvalue weighted by Crippen LogP contribution is 2.20. The van der Waals surface area contributed by atoms with Crippen molar-refractivity contribution in [3.8, 4) is 0 Å². The quantitative estimate of drug-likeness (QED) is 0.830. The van der Waals surface area contributed by atoms with Crippen LogP contribution in [0, 0.1) is 5.82 Å². The lowest BCUT2D eigenvalue weighted by Gasteiger charge is -2.30. The zero-order valence-electron chi connectivity index (χ0n) is 12.5. The lowest BCUT2D eigenvalue weighted by atomic mass is 10.1. The molecule has 1 aliphatic rings. The molecular formula is C16H21FN2O3. The van der Waals surface area contributed by atoms with Gasteiger partial charge in [-0.05, 0) is 31.4 Å². The summed E-state index contributed by atoms with van der Waals surface area (Å²) in [4.78, 5) is 6.66. The molecule has 1 aliphatic heterocycles. The van der Waals surface area contributed by atoms with Gasteiger partial charge in [-0.3, -0.25) is 4.90 Å². The van der Waals surface area contributed by atoms with Gasteiger partial charge in [-0.2, -0.15) is 0 Å². The van der Waals surface area contributed by atoms with Gasteiger partial charge in [-0.1, -0.05) is 0 Å². The van der Waals surface area contributed by atoms with Gasteiger partial charge in [0.2, 0.25) is 5.89 Å². The third kappa shape index (κ3) is 3.82. The van der Waals surface area contributed by atoms with Crippen molar-refractivity contribution in [3.63, 3.8) is 0 Å². The minimum absolute atomic E-state index is 0.178. The molecule has 5 nitrogen and oxygen atoms in total. The molecule has 0 atom stereocenters. The van der Waals surface area contributed by atoms with E-state index in [1.54, 1.807) is 6.07 Å². The van der Waals surface area contributed by atoms with Crippen LogP contribution in [0.15, 0.2) is 22.6 Å². The number of piperidine rings is 1. The first-order chi connectivity index (χ1) is 10.7. The third-order valence-electron chi connectivity index (χ3n) is 3.94. The second kappa shape index (κ2) is 7.17. The molecule has 2 aromatic rings. The van der Waals surface area contributed by atoms with Crippen molar-refractivity contribution < 1.29 is 18.7 Å². The van der Waals surface area contributed by atoms with Crippen LogP contribution < -0.4 is 0 Å². The van der Waals surface area contributed by atoms with Crippen LogP contribution in [0.4, 0.5) is 4.39 Å². The smallest absolute Gasteiger partial charge is 0.209 e. The zero-order valence-corrected chi connectivity index (χ0v) is 12.5. The first kappa shape index (κ1) is 15.4. The highest BCUT2D eigenvalue weighted by Gasteiger charge is 2.21. The molecule has 0 aliphatic carbocycles. The average molecular weight is 308 g/mol. The molecule has 120 valence electrons. The van der Waals surface area contributed by atoms with E-state index in [1.807, 2.05) is 0 Å². The Bertz CT molecular complexity index is 608. The van der Waals surface area contributed by atoms with E-state index in [0.29, 0.717) is 36.6 Å². The van der Waals surface area contributed by atoms with Crippen LogP contribution in [0.1, 0.15) is 25.2 Å². The summed E-state index contributed by atoms with van der Waals surface area (Å²) < 4.78 is 24.5. The van der Waals surface area contributed by atoms with Crippen molar-refractivity contribution in [1.29, 1.82) is 0 Å². The number of oxazole rings is 1. The number of likely N-dealkylation sites (tertiary alicyclic amines) is 1. The maximum Gasteiger partial charge on any atom is 0.209 e. The van der Waals surface area contributed by atoms with E-state index in [1.165, 1.54) is 12.1 Å². The molecule has 1 aromatic carbocycles. The largest absolute Gasteiger partial charge is 0.439 e. The second-order valence-electron chi connectivity index (χ2n) is 5.64. The summed E-state index contributed by atoms with van der Waals surface area (Å²) in [5.41, 5.74) is 1.19. The van der Waals surface area contributed by atoms with Crippen LogP contribution in [0.25, 0.3) is 11.1 Å². The maximum absolute atomic E-state index is 13.1. The molecular weight excluding hydrogens is 287 g/mol. The number of ether oxygens (including phenoxy) is 1. The van der Waals surface area contributed by atoms with Crippen LogP contribution in [0.5, 0.6) is 0 Å². The summed E-state index contributed by atoms with van der Waals surface area (Å²) in [5.74, 6) is 0.316. The number of aromatic nitrogens is 1. The molecule has 22 heavy (non-hydrogen) atoms. The number of halogens is 1. The fourth-order valence-electron chi connectivity index (χ4n) is 2.75. The predicted octanol–water partition coefficient (Wildman–Crippen LogP) is 2.33. The Labute approximate surface area is 128 Å². The van der Waals surface area contributed by atoms with Crippen LogP contribution in [0.2, 0.25) is 0 Å².